The van der Waals surface area contributed by atoms with Crippen LogP contribution in [0.25, 0.3) is 33.4 Å². The van der Waals surface area contributed by atoms with Gasteiger partial charge in [-0.3, -0.25) is 9.05 Å². The van der Waals surface area contributed by atoms with Gasteiger partial charge in [0, 0.05) is 0 Å². The molecular weight excluding hydrogens is 555 g/mol. The number of phenolic OH excluding ortho intramolecular Hbond substituents is 1. The molecule has 6 aromatic rings. The SMILES string of the molecule is CCOP(=O)(OCC)Oc1ccc(C)cc1-n1nc2ccccc2n1.Cc1ccc(O)c(-n2nc3ccccc3n2)c1. The zero-order valence-electron chi connectivity index (χ0n) is 23.7. The maximum absolute atomic E-state index is 12.7. The zero-order valence-corrected chi connectivity index (χ0v) is 24.6. The summed E-state index contributed by atoms with van der Waals surface area (Å²) in [6.07, 6.45) is 0. The van der Waals surface area contributed by atoms with Crippen LogP contribution in [0, 0.1) is 13.8 Å². The number of nitrogens with zero attached hydrogens (tertiary/aromatic N) is 6. The number of phosphoric ester groups is 1. The minimum atomic E-state index is -3.71. The zero-order chi connectivity index (χ0) is 29.7. The number of aromatic nitrogens is 6. The Morgan fingerprint density at radius 2 is 1.10 bits per heavy atom. The van der Waals surface area contributed by atoms with Crippen molar-refractivity contribution in [2.24, 2.45) is 0 Å². The first-order valence-corrected chi connectivity index (χ1v) is 14.9. The van der Waals surface area contributed by atoms with Crippen molar-refractivity contribution in [2.45, 2.75) is 27.7 Å². The van der Waals surface area contributed by atoms with Crippen molar-refractivity contribution in [1.29, 1.82) is 0 Å². The van der Waals surface area contributed by atoms with E-state index in [1.165, 1.54) is 9.59 Å². The average molecular weight is 587 g/mol. The van der Waals surface area contributed by atoms with E-state index in [2.05, 4.69) is 20.4 Å². The Balaban J connectivity index is 0.000000180. The quantitative estimate of drug-likeness (QED) is 0.193. The summed E-state index contributed by atoms with van der Waals surface area (Å²) in [7, 11) is -3.71. The summed E-state index contributed by atoms with van der Waals surface area (Å²) < 4.78 is 28.8. The summed E-state index contributed by atoms with van der Waals surface area (Å²) in [4.78, 5) is 2.93. The van der Waals surface area contributed by atoms with Gasteiger partial charge in [0.2, 0.25) is 0 Å². The summed E-state index contributed by atoms with van der Waals surface area (Å²) >= 11 is 0. The highest BCUT2D eigenvalue weighted by Crippen LogP contribution is 2.50. The molecule has 0 amide bonds. The number of fused-ring (bicyclic) bond motifs is 2. The second-order valence-electron chi connectivity index (χ2n) is 9.29. The highest BCUT2D eigenvalue weighted by atomic mass is 31.2. The van der Waals surface area contributed by atoms with Crippen LogP contribution in [-0.4, -0.2) is 48.3 Å². The monoisotopic (exact) mass is 586 g/mol. The standard InChI is InChI=1S/C17H20N3O4P.C13H11N3O/c1-4-22-25(21,23-5-2)24-17-11-10-13(3)12-16(17)20-18-14-8-6-7-9-15(14)19-20;1-9-6-7-13(17)12(8-9)16-14-10-4-2-3-5-11(10)15-16/h6-12H,4-5H2,1-3H3;2-8,17H,1H3. The van der Waals surface area contributed by atoms with Gasteiger partial charge in [0.25, 0.3) is 0 Å². The van der Waals surface area contributed by atoms with Crippen molar-refractivity contribution >= 4 is 29.9 Å². The molecule has 0 fully saturated rings. The van der Waals surface area contributed by atoms with E-state index in [0.29, 0.717) is 17.1 Å². The third kappa shape index (κ3) is 6.49. The first kappa shape index (κ1) is 28.9. The van der Waals surface area contributed by atoms with Gasteiger partial charge in [-0.25, -0.2) is 4.57 Å². The fourth-order valence-electron chi connectivity index (χ4n) is 4.12. The van der Waals surface area contributed by atoms with Crippen LogP contribution in [0.15, 0.2) is 84.9 Å². The second-order valence-corrected chi connectivity index (χ2v) is 10.9. The van der Waals surface area contributed by atoms with Crippen LogP contribution in [0.4, 0.5) is 0 Å². The lowest BCUT2D eigenvalue weighted by molar-refractivity contribution is 0.167. The Morgan fingerprint density at radius 1 is 0.667 bits per heavy atom. The van der Waals surface area contributed by atoms with Crippen LogP contribution in [-0.2, 0) is 13.6 Å². The minimum absolute atomic E-state index is 0.177. The summed E-state index contributed by atoms with van der Waals surface area (Å²) in [6.45, 7) is 7.79. The highest BCUT2D eigenvalue weighted by molar-refractivity contribution is 7.48. The normalized spacial score (nSPS) is 11.4. The maximum atomic E-state index is 12.7. The molecule has 2 heterocycles. The smallest absolute Gasteiger partial charge is 0.506 e. The number of hydrogen-bond donors (Lipinski definition) is 1. The first-order valence-electron chi connectivity index (χ1n) is 13.4. The summed E-state index contributed by atoms with van der Waals surface area (Å²) in [5, 5.41) is 27.4. The molecule has 4 aromatic carbocycles. The molecule has 0 spiro atoms. The Bertz CT molecular complexity index is 1810. The van der Waals surface area contributed by atoms with Crippen molar-refractivity contribution in [3.63, 3.8) is 0 Å². The van der Waals surface area contributed by atoms with Gasteiger partial charge in [0.05, 0.1) is 13.2 Å². The van der Waals surface area contributed by atoms with Gasteiger partial charge >= 0.3 is 7.82 Å². The number of rotatable bonds is 8. The fraction of sp³-hybridized carbons (Fsp3) is 0.200. The van der Waals surface area contributed by atoms with E-state index in [1.54, 1.807) is 26.0 Å². The number of phenols is 1. The first-order chi connectivity index (χ1) is 20.3. The van der Waals surface area contributed by atoms with Gasteiger partial charge in [-0.15, -0.1) is 30.0 Å². The van der Waals surface area contributed by atoms with Crippen LogP contribution in [0.2, 0.25) is 0 Å². The molecule has 0 aliphatic rings. The number of hydrogen-bond acceptors (Lipinski definition) is 9. The van der Waals surface area contributed by atoms with Crippen LogP contribution in [0.3, 0.4) is 0 Å². The summed E-state index contributed by atoms with van der Waals surface area (Å²) in [5.74, 6) is 0.507. The second kappa shape index (κ2) is 12.5. The Morgan fingerprint density at radius 3 is 1.57 bits per heavy atom. The van der Waals surface area contributed by atoms with E-state index >= 15 is 0 Å². The van der Waals surface area contributed by atoms with E-state index in [-0.39, 0.29) is 19.0 Å². The molecule has 0 unspecified atom stereocenters. The van der Waals surface area contributed by atoms with Crippen molar-refractivity contribution in [3.05, 3.63) is 96.1 Å². The van der Waals surface area contributed by atoms with Crippen molar-refractivity contribution in [1.82, 2.24) is 30.0 Å². The van der Waals surface area contributed by atoms with Crippen molar-refractivity contribution in [3.8, 4) is 22.9 Å². The molecule has 0 bridgehead atoms. The molecule has 216 valence electrons. The topological polar surface area (TPSA) is 126 Å². The lowest BCUT2D eigenvalue weighted by Crippen LogP contribution is -2.06. The van der Waals surface area contributed by atoms with Crippen LogP contribution in [0.1, 0.15) is 25.0 Å². The molecule has 0 aliphatic heterocycles. The molecule has 0 saturated heterocycles. The average Bonchev–Trinajstić information content (AvgIpc) is 3.60. The number of benzene rings is 4. The van der Waals surface area contributed by atoms with E-state index in [9.17, 15) is 9.67 Å². The number of phosphoric acid groups is 1. The Kier molecular flexibility index (Phi) is 8.63. The van der Waals surface area contributed by atoms with Crippen molar-refractivity contribution in [2.75, 3.05) is 13.2 Å². The molecule has 0 saturated carbocycles. The van der Waals surface area contributed by atoms with Gasteiger partial charge in [-0.1, -0.05) is 36.4 Å². The van der Waals surface area contributed by atoms with Gasteiger partial charge in [-0.05, 0) is 87.4 Å². The lowest BCUT2D eigenvalue weighted by Gasteiger charge is -2.18. The lowest BCUT2D eigenvalue weighted by atomic mass is 10.2. The summed E-state index contributed by atoms with van der Waals surface area (Å²) in [6, 6.07) is 25.9. The van der Waals surface area contributed by atoms with Gasteiger partial charge in [0.15, 0.2) is 5.75 Å². The highest BCUT2D eigenvalue weighted by Gasteiger charge is 2.29. The van der Waals surface area contributed by atoms with E-state index in [4.69, 9.17) is 13.6 Å². The number of aromatic hydroxyl groups is 1. The van der Waals surface area contributed by atoms with Crippen LogP contribution >= 0.6 is 7.82 Å². The molecule has 1 N–H and O–H groups in total. The third-order valence-electron chi connectivity index (χ3n) is 6.03. The van der Waals surface area contributed by atoms with Crippen molar-refractivity contribution < 1.29 is 23.2 Å². The molecule has 2 aromatic heterocycles. The number of aryl methyl sites for hydroxylation is 2. The van der Waals surface area contributed by atoms with Gasteiger partial charge in [0.1, 0.15) is 39.2 Å². The molecule has 0 aliphatic carbocycles. The van der Waals surface area contributed by atoms with Gasteiger partial charge < -0.3 is 9.63 Å². The van der Waals surface area contributed by atoms with E-state index in [0.717, 1.165) is 33.2 Å². The Labute approximate surface area is 242 Å². The Hall–Kier alpha value is -4.57. The molecule has 42 heavy (non-hydrogen) atoms. The molecule has 0 radical (unpaired) electrons. The molecule has 0 atom stereocenters. The molecule has 11 nitrogen and oxygen atoms in total. The fourth-order valence-corrected chi connectivity index (χ4v) is 5.32. The van der Waals surface area contributed by atoms with E-state index < -0.39 is 7.82 Å². The predicted octanol–water partition coefficient (Wildman–Crippen LogP) is 6.72. The minimum Gasteiger partial charge on any atom is -0.506 e. The van der Waals surface area contributed by atoms with Crippen LogP contribution in [0.5, 0.6) is 11.5 Å². The predicted molar refractivity (Wildman–Crippen MR) is 160 cm³/mol. The largest absolute Gasteiger partial charge is 0.530 e. The molecule has 12 heteroatoms. The third-order valence-corrected chi connectivity index (χ3v) is 7.60. The maximum Gasteiger partial charge on any atom is 0.530 e. The molecular formula is C30H31N6O5P. The van der Waals surface area contributed by atoms with Gasteiger partial charge in [-0.2, -0.15) is 0 Å². The molecule has 6 rings (SSSR count). The van der Waals surface area contributed by atoms with E-state index in [1.807, 2.05) is 86.6 Å². The summed E-state index contributed by atoms with van der Waals surface area (Å²) in [5.41, 5.74) is 6.35. The van der Waals surface area contributed by atoms with Crippen LogP contribution < -0.4 is 4.52 Å².